The highest BCUT2D eigenvalue weighted by Gasteiger charge is 2.32. The summed E-state index contributed by atoms with van der Waals surface area (Å²) in [5, 5.41) is 0. The highest BCUT2D eigenvalue weighted by molar-refractivity contribution is 6.00. The highest BCUT2D eigenvalue weighted by atomic mass is 19.1. The Bertz CT molecular complexity index is 500. The Balaban J connectivity index is 1.93. The SMILES string of the molecule is CN1CCN(C(=O)C2CCCO2)c2cc(F)ccc21. The maximum Gasteiger partial charge on any atom is 0.256 e. The fourth-order valence-electron chi connectivity index (χ4n) is 2.70. The van der Waals surface area contributed by atoms with Gasteiger partial charge in [-0.2, -0.15) is 0 Å². The second-order valence-corrected chi connectivity index (χ2v) is 5.05. The van der Waals surface area contributed by atoms with Crippen molar-refractivity contribution >= 4 is 17.3 Å². The first-order valence-electron chi connectivity index (χ1n) is 6.60. The number of anilines is 2. The third-order valence-corrected chi connectivity index (χ3v) is 3.77. The van der Waals surface area contributed by atoms with Crippen molar-refractivity contribution in [1.29, 1.82) is 0 Å². The predicted octanol–water partition coefficient (Wildman–Crippen LogP) is 1.79. The number of ether oxygens (including phenoxy) is 1. The number of hydrogen-bond donors (Lipinski definition) is 0. The van der Waals surface area contributed by atoms with Crippen LogP contribution in [-0.4, -0.2) is 38.8 Å². The molecule has 0 N–H and O–H groups in total. The van der Waals surface area contributed by atoms with Crippen LogP contribution in [0, 0.1) is 5.82 Å². The Morgan fingerprint density at radius 1 is 1.37 bits per heavy atom. The van der Waals surface area contributed by atoms with Crippen LogP contribution in [0.1, 0.15) is 12.8 Å². The lowest BCUT2D eigenvalue weighted by Crippen LogP contribution is -2.46. The van der Waals surface area contributed by atoms with Crippen LogP contribution in [0.3, 0.4) is 0 Å². The van der Waals surface area contributed by atoms with E-state index in [1.807, 2.05) is 11.9 Å². The van der Waals surface area contributed by atoms with Crippen molar-refractivity contribution < 1.29 is 13.9 Å². The minimum Gasteiger partial charge on any atom is -0.371 e. The van der Waals surface area contributed by atoms with Crippen molar-refractivity contribution in [1.82, 2.24) is 0 Å². The molecule has 1 atom stereocenters. The Labute approximate surface area is 111 Å². The summed E-state index contributed by atoms with van der Waals surface area (Å²) in [4.78, 5) is 16.1. The lowest BCUT2D eigenvalue weighted by Gasteiger charge is -2.36. The predicted molar refractivity (Wildman–Crippen MR) is 71.0 cm³/mol. The molecule has 2 aliphatic rings. The molecule has 2 heterocycles. The van der Waals surface area contributed by atoms with Gasteiger partial charge in [-0.25, -0.2) is 4.39 Å². The smallest absolute Gasteiger partial charge is 0.256 e. The number of carbonyl (C=O) groups excluding carboxylic acids is 1. The molecule has 3 rings (SSSR count). The molecule has 0 bridgehead atoms. The molecule has 1 amide bonds. The van der Waals surface area contributed by atoms with Gasteiger partial charge in [0.1, 0.15) is 11.9 Å². The minimum absolute atomic E-state index is 0.0440. The first-order chi connectivity index (χ1) is 9.16. The Hall–Kier alpha value is -1.62. The molecule has 0 aromatic heterocycles. The molecule has 1 unspecified atom stereocenters. The van der Waals surface area contributed by atoms with Gasteiger partial charge in [-0.1, -0.05) is 0 Å². The number of halogens is 1. The van der Waals surface area contributed by atoms with Gasteiger partial charge in [-0.05, 0) is 31.0 Å². The second kappa shape index (κ2) is 4.81. The normalized spacial score (nSPS) is 22.5. The van der Waals surface area contributed by atoms with Crippen LogP contribution < -0.4 is 9.80 Å². The van der Waals surface area contributed by atoms with Crippen molar-refractivity contribution in [2.75, 3.05) is 36.5 Å². The monoisotopic (exact) mass is 264 g/mol. The molecule has 1 aromatic rings. The number of hydrogen-bond acceptors (Lipinski definition) is 3. The summed E-state index contributed by atoms with van der Waals surface area (Å²) in [6, 6.07) is 4.58. The molecular formula is C14H17FN2O2. The number of rotatable bonds is 1. The number of nitrogens with zero attached hydrogens (tertiary/aromatic N) is 2. The van der Waals surface area contributed by atoms with E-state index in [-0.39, 0.29) is 17.8 Å². The first-order valence-corrected chi connectivity index (χ1v) is 6.60. The van der Waals surface area contributed by atoms with Crippen molar-refractivity contribution in [2.24, 2.45) is 0 Å². The number of benzene rings is 1. The number of amides is 1. The molecule has 4 nitrogen and oxygen atoms in total. The third-order valence-electron chi connectivity index (χ3n) is 3.77. The fourth-order valence-corrected chi connectivity index (χ4v) is 2.70. The topological polar surface area (TPSA) is 32.8 Å². The molecule has 0 spiro atoms. The van der Waals surface area contributed by atoms with Crippen molar-refractivity contribution in [2.45, 2.75) is 18.9 Å². The molecule has 1 saturated heterocycles. The zero-order valence-corrected chi connectivity index (χ0v) is 10.9. The van der Waals surface area contributed by atoms with Gasteiger partial charge in [0.2, 0.25) is 0 Å². The average molecular weight is 264 g/mol. The van der Waals surface area contributed by atoms with Gasteiger partial charge < -0.3 is 14.5 Å². The Morgan fingerprint density at radius 3 is 2.95 bits per heavy atom. The van der Waals surface area contributed by atoms with E-state index in [1.54, 1.807) is 11.0 Å². The van der Waals surface area contributed by atoms with Gasteiger partial charge in [0.25, 0.3) is 5.91 Å². The molecule has 0 aliphatic carbocycles. The Morgan fingerprint density at radius 2 is 2.21 bits per heavy atom. The van der Waals surface area contributed by atoms with Crippen LogP contribution in [0.5, 0.6) is 0 Å². The number of carbonyl (C=O) groups is 1. The summed E-state index contributed by atoms with van der Waals surface area (Å²) < 4.78 is 18.9. The zero-order valence-electron chi connectivity index (χ0n) is 10.9. The highest BCUT2D eigenvalue weighted by Crippen LogP contribution is 2.34. The second-order valence-electron chi connectivity index (χ2n) is 5.05. The van der Waals surface area contributed by atoms with Crippen LogP contribution in [0.4, 0.5) is 15.8 Å². The third kappa shape index (κ3) is 2.18. The molecule has 2 aliphatic heterocycles. The van der Waals surface area contributed by atoms with Gasteiger partial charge in [-0.15, -0.1) is 0 Å². The van der Waals surface area contributed by atoms with E-state index in [0.29, 0.717) is 18.8 Å². The average Bonchev–Trinajstić information content (AvgIpc) is 2.92. The maximum atomic E-state index is 13.4. The van der Waals surface area contributed by atoms with E-state index < -0.39 is 0 Å². The standard InChI is InChI=1S/C14H17FN2O2/c1-16-6-7-17(14(18)13-3-2-8-19-13)12-9-10(15)4-5-11(12)16/h4-5,9,13H,2-3,6-8H2,1H3. The van der Waals surface area contributed by atoms with Crippen LogP contribution in [0.15, 0.2) is 18.2 Å². The van der Waals surface area contributed by atoms with Gasteiger partial charge in [-0.3, -0.25) is 4.79 Å². The van der Waals surface area contributed by atoms with Crippen LogP contribution in [0.25, 0.3) is 0 Å². The zero-order chi connectivity index (χ0) is 13.4. The summed E-state index contributed by atoms with van der Waals surface area (Å²) in [5.74, 6) is -0.364. The van der Waals surface area contributed by atoms with E-state index in [4.69, 9.17) is 4.74 Å². The number of likely N-dealkylation sites (N-methyl/N-ethyl adjacent to an activating group) is 1. The lowest BCUT2D eigenvalue weighted by atomic mass is 10.1. The van der Waals surface area contributed by atoms with Crippen LogP contribution in [-0.2, 0) is 9.53 Å². The quantitative estimate of drug-likeness (QED) is 0.775. The molecule has 0 saturated carbocycles. The largest absolute Gasteiger partial charge is 0.371 e. The van der Waals surface area contributed by atoms with Crippen LogP contribution >= 0.6 is 0 Å². The molecular weight excluding hydrogens is 247 g/mol. The van der Waals surface area contributed by atoms with Gasteiger partial charge in [0, 0.05) is 26.7 Å². The summed E-state index contributed by atoms with van der Waals surface area (Å²) in [7, 11) is 1.95. The van der Waals surface area contributed by atoms with E-state index in [9.17, 15) is 9.18 Å². The summed E-state index contributed by atoms with van der Waals surface area (Å²) in [6.45, 7) is 1.96. The van der Waals surface area contributed by atoms with Crippen LogP contribution in [0.2, 0.25) is 0 Å². The minimum atomic E-state index is -0.362. The van der Waals surface area contributed by atoms with Crippen molar-refractivity contribution in [3.8, 4) is 0 Å². The molecule has 102 valence electrons. The molecule has 5 heteroatoms. The number of fused-ring (bicyclic) bond motifs is 1. The van der Waals surface area contributed by atoms with E-state index in [2.05, 4.69) is 0 Å². The van der Waals surface area contributed by atoms with E-state index in [0.717, 1.165) is 25.1 Å². The van der Waals surface area contributed by atoms with Crippen molar-refractivity contribution in [3.63, 3.8) is 0 Å². The van der Waals surface area contributed by atoms with E-state index in [1.165, 1.54) is 12.1 Å². The van der Waals surface area contributed by atoms with E-state index >= 15 is 0 Å². The fraction of sp³-hybridized carbons (Fsp3) is 0.500. The molecule has 1 aromatic carbocycles. The van der Waals surface area contributed by atoms with Gasteiger partial charge >= 0.3 is 0 Å². The maximum absolute atomic E-state index is 13.4. The molecule has 19 heavy (non-hydrogen) atoms. The lowest BCUT2D eigenvalue weighted by molar-refractivity contribution is -0.127. The van der Waals surface area contributed by atoms with Gasteiger partial charge in [0.05, 0.1) is 11.4 Å². The summed E-state index contributed by atoms with van der Waals surface area (Å²) >= 11 is 0. The Kier molecular flexibility index (Phi) is 3.14. The summed E-state index contributed by atoms with van der Waals surface area (Å²) in [6.07, 6.45) is 1.32. The molecule has 0 radical (unpaired) electrons. The van der Waals surface area contributed by atoms with Crippen molar-refractivity contribution in [3.05, 3.63) is 24.0 Å². The molecule has 1 fully saturated rings. The first kappa shape index (κ1) is 12.4. The van der Waals surface area contributed by atoms with Gasteiger partial charge in [0.15, 0.2) is 0 Å². The summed E-state index contributed by atoms with van der Waals surface area (Å²) in [5.41, 5.74) is 1.54.